The van der Waals surface area contributed by atoms with E-state index in [9.17, 15) is 0 Å². The summed E-state index contributed by atoms with van der Waals surface area (Å²) in [5.74, 6) is 0.922. The van der Waals surface area contributed by atoms with Crippen LogP contribution in [0.5, 0.6) is 0 Å². The SMILES string of the molecule is CCC(N)C(C)c1nc(-c2ncccc2Cl)no1. The van der Waals surface area contributed by atoms with E-state index in [1.54, 1.807) is 18.3 Å². The van der Waals surface area contributed by atoms with Gasteiger partial charge in [0.25, 0.3) is 0 Å². The van der Waals surface area contributed by atoms with Crippen LogP contribution in [0.4, 0.5) is 0 Å². The molecule has 0 aromatic carbocycles. The lowest BCUT2D eigenvalue weighted by molar-refractivity contribution is 0.340. The Balaban J connectivity index is 2.29. The second-order valence-electron chi connectivity index (χ2n) is 4.15. The Morgan fingerprint density at radius 3 is 2.94 bits per heavy atom. The Morgan fingerprint density at radius 1 is 1.50 bits per heavy atom. The maximum atomic E-state index is 6.03. The van der Waals surface area contributed by atoms with Crippen molar-refractivity contribution in [2.24, 2.45) is 5.73 Å². The topological polar surface area (TPSA) is 77.8 Å². The Morgan fingerprint density at radius 2 is 2.28 bits per heavy atom. The third-order valence-electron chi connectivity index (χ3n) is 2.92. The molecule has 0 aliphatic heterocycles. The molecule has 18 heavy (non-hydrogen) atoms. The van der Waals surface area contributed by atoms with Crippen LogP contribution in [0.25, 0.3) is 11.5 Å². The zero-order chi connectivity index (χ0) is 13.1. The van der Waals surface area contributed by atoms with Gasteiger partial charge in [0.1, 0.15) is 5.69 Å². The molecular weight excluding hydrogens is 252 g/mol. The molecule has 5 nitrogen and oxygen atoms in total. The van der Waals surface area contributed by atoms with E-state index in [4.69, 9.17) is 21.9 Å². The van der Waals surface area contributed by atoms with Gasteiger partial charge >= 0.3 is 0 Å². The highest BCUT2D eigenvalue weighted by atomic mass is 35.5. The second-order valence-corrected chi connectivity index (χ2v) is 4.56. The van der Waals surface area contributed by atoms with Crippen LogP contribution in [-0.4, -0.2) is 21.2 Å². The fourth-order valence-corrected chi connectivity index (χ4v) is 1.81. The fraction of sp³-hybridized carbons (Fsp3) is 0.417. The number of halogens is 1. The third-order valence-corrected chi connectivity index (χ3v) is 3.22. The Labute approximate surface area is 110 Å². The molecule has 0 bridgehead atoms. The normalized spacial score (nSPS) is 14.4. The summed E-state index contributed by atoms with van der Waals surface area (Å²) in [6.07, 6.45) is 2.49. The molecular formula is C12H15ClN4O. The summed E-state index contributed by atoms with van der Waals surface area (Å²) < 4.78 is 5.22. The average Bonchev–Trinajstić information content (AvgIpc) is 2.87. The second kappa shape index (κ2) is 5.46. The summed E-state index contributed by atoms with van der Waals surface area (Å²) >= 11 is 6.03. The van der Waals surface area contributed by atoms with Gasteiger partial charge in [0.2, 0.25) is 11.7 Å². The average molecular weight is 267 g/mol. The summed E-state index contributed by atoms with van der Waals surface area (Å²) in [6.45, 7) is 3.99. The Bertz CT molecular complexity index is 528. The molecule has 0 aliphatic carbocycles. The minimum Gasteiger partial charge on any atom is -0.339 e. The zero-order valence-corrected chi connectivity index (χ0v) is 11.1. The molecule has 0 spiro atoms. The molecule has 2 aromatic heterocycles. The molecule has 0 aliphatic rings. The lowest BCUT2D eigenvalue weighted by Gasteiger charge is -2.13. The summed E-state index contributed by atoms with van der Waals surface area (Å²) in [5, 5.41) is 4.39. The van der Waals surface area contributed by atoms with E-state index in [-0.39, 0.29) is 12.0 Å². The molecule has 2 atom stereocenters. The molecule has 96 valence electrons. The van der Waals surface area contributed by atoms with Gasteiger partial charge in [0.15, 0.2) is 0 Å². The van der Waals surface area contributed by atoms with Crippen LogP contribution < -0.4 is 5.73 Å². The van der Waals surface area contributed by atoms with Gasteiger partial charge in [-0.15, -0.1) is 0 Å². The number of pyridine rings is 1. The highest BCUT2D eigenvalue weighted by Crippen LogP contribution is 2.25. The summed E-state index contributed by atoms with van der Waals surface area (Å²) in [5.41, 5.74) is 6.48. The summed E-state index contributed by atoms with van der Waals surface area (Å²) in [4.78, 5) is 8.44. The number of hydrogen-bond donors (Lipinski definition) is 1. The third kappa shape index (κ3) is 2.52. The van der Waals surface area contributed by atoms with E-state index in [0.717, 1.165) is 6.42 Å². The van der Waals surface area contributed by atoms with Crippen molar-refractivity contribution >= 4 is 11.6 Å². The van der Waals surface area contributed by atoms with Gasteiger partial charge in [-0.2, -0.15) is 4.98 Å². The van der Waals surface area contributed by atoms with Crippen molar-refractivity contribution in [3.63, 3.8) is 0 Å². The van der Waals surface area contributed by atoms with E-state index < -0.39 is 0 Å². The van der Waals surface area contributed by atoms with Crippen LogP contribution in [0, 0.1) is 0 Å². The summed E-state index contributed by atoms with van der Waals surface area (Å²) in [7, 11) is 0. The van der Waals surface area contributed by atoms with Crippen molar-refractivity contribution in [3.8, 4) is 11.5 Å². The predicted octanol–water partition coefficient (Wildman–Crippen LogP) is 2.63. The van der Waals surface area contributed by atoms with Gasteiger partial charge < -0.3 is 10.3 Å². The molecule has 0 amide bonds. The standard InChI is InChI=1S/C12H15ClN4O/c1-3-9(14)7(2)12-16-11(17-18-12)10-8(13)5-4-6-15-10/h4-7,9H,3,14H2,1-2H3. The van der Waals surface area contributed by atoms with Gasteiger partial charge in [0, 0.05) is 12.2 Å². The lowest BCUT2D eigenvalue weighted by atomic mass is 10.0. The smallest absolute Gasteiger partial charge is 0.231 e. The first-order valence-corrected chi connectivity index (χ1v) is 6.21. The van der Waals surface area contributed by atoms with Crippen LogP contribution in [0.1, 0.15) is 32.1 Å². The van der Waals surface area contributed by atoms with Crippen LogP contribution in [-0.2, 0) is 0 Å². The molecule has 2 N–H and O–H groups in total. The van der Waals surface area contributed by atoms with Crippen molar-refractivity contribution in [1.82, 2.24) is 15.1 Å². The van der Waals surface area contributed by atoms with Gasteiger partial charge in [-0.3, -0.25) is 4.98 Å². The van der Waals surface area contributed by atoms with E-state index in [1.807, 2.05) is 13.8 Å². The Kier molecular flexibility index (Phi) is 3.93. The van der Waals surface area contributed by atoms with Gasteiger partial charge in [-0.05, 0) is 18.6 Å². The molecule has 0 fully saturated rings. The minimum atomic E-state index is -0.00231. The number of nitrogens with zero attached hydrogens (tertiary/aromatic N) is 3. The molecule has 2 unspecified atom stereocenters. The maximum Gasteiger partial charge on any atom is 0.231 e. The van der Waals surface area contributed by atoms with Crippen molar-refractivity contribution in [2.45, 2.75) is 32.2 Å². The summed E-state index contributed by atoms with van der Waals surface area (Å²) in [6, 6.07) is 3.49. The first-order valence-electron chi connectivity index (χ1n) is 5.83. The fourth-order valence-electron chi connectivity index (χ4n) is 1.60. The van der Waals surface area contributed by atoms with E-state index in [0.29, 0.717) is 22.4 Å². The van der Waals surface area contributed by atoms with Crippen molar-refractivity contribution in [1.29, 1.82) is 0 Å². The van der Waals surface area contributed by atoms with Crippen molar-refractivity contribution < 1.29 is 4.52 Å². The Hall–Kier alpha value is -1.46. The van der Waals surface area contributed by atoms with Crippen LogP contribution >= 0.6 is 11.6 Å². The predicted molar refractivity (Wildman–Crippen MR) is 69.2 cm³/mol. The molecule has 0 saturated carbocycles. The van der Waals surface area contributed by atoms with E-state index in [2.05, 4.69) is 15.1 Å². The molecule has 0 radical (unpaired) electrons. The maximum absolute atomic E-state index is 6.03. The van der Waals surface area contributed by atoms with E-state index >= 15 is 0 Å². The zero-order valence-electron chi connectivity index (χ0n) is 10.3. The highest BCUT2D eigenvalue weighted by molar-refractivity contribution is 6.32. The number of hydrogen-bond acceptors (Lipinski definition) is 5. The van der Waals surface area contributed by atoms with Crippen molar-refractivity contribution in [2.75, 3.05) is 0 Å². The number of nitrogens with two attached hydrogens (primary N) is 1. The monoisotopic (exact) mass is 266 g/mol. The van der Waals surface area contributed by atoms with Crippen molar-refractivity contribution in [3.05, 3.63) is 29.2 Å². The molecule has 2 aromatic rings. The number of rotatable bonds is 4. The van der Waals surface area contributed by atoms with Gasteiger partial charge in [-0.25, -0.2) is 0 Å². The largest absolute Gasteiger partial charge is 0.339 e. The number of aromatic nitrogens is 3. The lowest BCUT2D eigenvalue weighted by Crippen LogP contribution is -2.25. The minimum absolute atomic E-state index is 0.00231. The van der Waals surface area contributed by atoms with Crippen LogP contribution in [0.2, 0.25) is 5.02 Å². The quantitative estimate of drug-likeness (QED) is 0.920. The van der Waals surface area contributed by atoms with Gasteiger partial charge in [0.05, 0.1) is 10.9 Å². The van der Waals surface area contributed by atoms with Crippen LogP contribution in [0.15, 0.2) is 22.9 Å². The highest BCUT2D eigenvalue weighted by Gasteiger charge is 2.21. The first kappa shape index (κ1) is 13.0. The van der Waals surface area contributed by atoms with Gasteiger partial charge in [-0.1, -0.05) is 30.6 Å². The molecule has 6 heteroatoms. The van der Waals surface area contributed by atoms with Crippen LogP contribution in [0.3, 0.4) is 0 Å². The molecule has 2 heterocycles. The van der Waals surface area contributed by atoms with E-state index in [1.165, 1.54) is 0 Å². The molecule has 2 rings (SSSR count). The first-order chi connectivity index (χ1) is 8.63. The molecule has 0 saturated heterocycles.